The van der Waals surface area contributed by atoms with Crippen LogP contribution in [0, 0.1) is 0 Å². The van der Waals surface area contributed by atoms with Gasteiger partial charge in [-0.25, -0.2) is 4.79 Å². The van der Waals surface area contributed by atoms with Gasteiger partial charge in [0.05, 0.1) is 16.5 Å². The van der Waals surface area contributed by atoms with Crippen LogP contribution >= 0.6 is 0 Å². The van der Waals surface area contributed by atoms with Gasteiger partial charge in [0.25, 0.3) is 5.56 Å². The molecular formula is C17H13F3N2O2. The number of aromatic nitrogens is 2. The molecule has 0 amide bonds. The number of halogens is 3. The molecule has 0 spiro atoms. The predicted molar refractivity (Wildman–Crippen MR) is 84.0 cm³/mol. The monoisotopic (exact) mass is 334 g/mol. The number of para-hydroxylation sites is 1. The van der Waals surface area contributed by atoms with Crippen LogP contribution in [0.15, 0.2) is 58.1 Å². The van der Waals surface area contributed by atoms with Crippen LogP contribution in [0.5, 0.6) is 0 Å². The van der Waals surface area contributed by atoms with Crippen molar-refractivity contribution in [2.75, 3.05) is 0 Å². The summed E-state index contributed by atoms with van der Waals surface area (Å²) in [6, 6.07) is 11.5. The van der Waals surface area contributed by atoms with Gasteiger partial charge >= 0.3 is 11.9 Å². The lowest BCUT2D eigenvalue weighted by molar-refractivity contribution is -0.137. The first kappa shape index (κ1) is 16.0. The largest absolute Gasteiger partial charge is 0.416 e. The molecule has 2 aromatic carbocycles. The van der Waals surface area contributed by atoms with Crippen LogP contribution in [-0.2, 0) is 19.1 Å². The van der Waals surface area contributed by atoms with Crippen LogP contribution in [0.25, 0.3) is 10.9 Å². The van der Waals surface area contributed by atoms with Crippen LogP contribution in [0.3, 0.4) is 0 Å². The van der Waals surface area contributed by atoms with E-state index in [4.69, 9.17) is 0 Å². The summed E-state index contributed by atoms with van der Waals surface area (Å²) in [4.78, 5) is 27.0. The normalized spacial score (nSPS) is 11.8. The van der Waals surface area contributed by atoms with E-state index >= 15 is 0 Å². The lowest BCUT2D eigenvalue weighted by atomic mass is 10.1. The topological polar surface area (TPSA) is 54.9 Å². The molecule has 0 aliphatic heterocycles. The van der Waals surface area contributed by atoms with Crippen molar-refractivity contribution in [2.45, 2.75) is 19.1 Å². The van der Waals surface area contributed by atoms with Crippen molar-refractivity contribution in [1.29, 1.82) is 0 Å². The lowest BCUT2D eigenvalue weighted by Gasteiger charge is -2.10. The highest BCUT2D eigenvalue weighted by molar-refractivity contribution is 5.76. The molecule has 0 bridgehead atoms. The first-order valence-electron chi connectivity index (χ1n) is 7.24. The molecule has 124 valence electrons. The van der Waals surface area contributed by atoms with E-state index in [1.807, 2.05) is 0 Å². The van der Waals surface area contributed by atoms with Gasteiger partial charge in [-0.15, -0.1) is 0 Å². The van der Waals surface area contributed by atoms with E-state index in [9.17, 15) is 22.8 Å². The second-order valence-electron chi connectivity index (χ2n) is 5.38. The van der Waals surface area contributed by atoms with Crippen molar-refractivity contribution in [2.24, 2.45) is 0 Å². The zero-order chi connectivity index (χ0) is 17.3. The van der Waals surface area contributed by atoms with Crippen LogP contribution in [0.2, 0.25) is 0 Å². The number of aryl methyl sites for hydroxylation is 1. The summed E-state index contributed by atoms with van der Waals surface area (Å²) in [5.74, 6) is 0. The van der Waals surface area contributed by atoms with E-state index < -0.39 is 23.0 Å². The number of benzene rings is 2. The fourth-order valence-electron chi connectivity index (χ4n) is 2.55. The SMILES string of the molecule is O=c1[nH]c2ccccc2c(=O)n1CCc1cccc(C(F)(F)F)c1. The fourth-order valence-corrected chi connectivity index (χ4v) is 2.55. The van der Waals surface area contributed by atoms with Gasteiger partial charge in [0.1, 0.15) is 0 Å². The molecule has 4 nitrogen and oxygen atoms in total. The highest BCUT2D eigenvalue weighted by Gasteiger charge is 2.30. The third kappa shape index (κ3) is 3.10. The number of hydrogen-bond donors (Lipinski definition) is 1. The van der Waals surface area contributed by atoms with Crippen LogP contribution in [-0.4, -0.2) is 9.55 Å². The number of rotatable bonds is 3. The Morgan fingerprint density at radius 3 is 2.50 bits per heavy atom. The molecule has 1 N–H and O–H groups in total. The summed E-state index contributed by atoms with van der Waals surface area (Å²) in [5, 5.41) is 0.362. The smallest absolute Gasteiger partial charge is 0.307 e. The van der Waals surface area contributed by atoms with E-state index in [-0.39, 0.29) is 13.0 Å². The number of aromatic amines is 1. The molecule has 0 fully saturated rings. The minimum Gasteiger partial charge on any atom is -0.307 e. The summed E-state index contributed by atoms with van der Waals surface area (Å²) in [5.41, 5.74) is -0.945. The number of H-pyrrole nitrogens is 1. The fraction of sp³-hybridized carbons (Fsp3) is 0.176. The quantitative estimate of drug-likeness (QED) is 0.801. The summed E-state index contributed by atoms with van der Waals surface area (Å²) in [6.07, 6.45) is -4.28. The Kier molecular flexibility index (Phi) is 4.01. The second kappa shape index (κ2) is 5.99. The van der Waals surface area contributed by atoms with E-state index in [2.05, 4.69) is 4.98 Å². The highest BCUT2D eigenvalue weighted by atomic mass is 19.4. The Bertz CT molecular complexity index is 1000. The van der Waals surface area contributed by atoms with Gasteiger partial charge in [-0.3, -0.25) is 9.36 Å². The van der Waals surface area contributed by atoms with Crippen LogP contribution in [0.4, 0.5) is 13.2 Å². The molecule has 0 unspecified atom stereocenters. The van der Waals surface area contributed by atoms with Crippen LogP contribution in [0.1, 0.15) is 11.1 Å². The Hall–Kier alpha value is -2.83. The summed E-state index contributed by atoms with van der Waals surface area (Å²) in [6.45, 7) is 0.000309. The molecular weight excluding hydrogens is 321 g/mol. The number of nitrogens with one attached hydrogen (secondary N) is 1. The van der Waals surface area contributed by atoms with Crippen molar-refractivity contribution in [3.05, 3.63) is 80.5 Å². The number of hydrogen-bond acceptors (Lipinski definition) is 2. The Balaban J connectivity index is 1.92. The van der Waals surface area contributed by atoms with Gasteiger partial charge in [-0.1, -0.05) is 30.3 Å². The van der Waals surface area contributed by atoms with Gasteiger partial charge in [0.15, 0.2) is 0 Å². The van der Waals surface area contributed by atoms with Crippen molar-refractivity contribution in [3.8, 4) is 0 Å². The Morgan fingerprint density at radius 2 is 1.75 bits per heavy atom. The first-order chi connectivity index (χ1) is 11.4. The zero-order valence-corrected chi connectivity index (χ0v) is 12.4. The Morgan fingerprint density at radius 1 is 1.00 bits per heavy atom. The molecule has 0 atom stereocenters. The van der Waals surface area contributed by atoms with Gasteiger partial charge in [-0.05, 0) is 30.2 Å². The van der Waals surface area contributed by atoms with Crippen molar-refractivity contribution < 1.29 is 13.2 Å². The maximum atomic E-state index is 12.7. The summed E-state index contributed by atoms with van der Waals surface area (Å²) < 4.78 is 39.2. The molecule has 1 aromatic heterocycles. The summed E-state index contributed by atoms with van der Waals surface area (Å²) in [7, 11) is 0. The van der Waals surface area contributed by atoms with E-state index in [0.29, 0.717) is 16.5 Å². The maximum absolute atomic E-state index is 12.7. The van der Waals surface area contributed by atoms with E-state index in [1.54, 1.807) is 24.3 Å². The molecule has 7 heteroatoms. The molecule has 1 heterocycles. The minimum absolute atomic E-state index is 0.000309. The number of fused-ring (bicyclic) bond motifs is 1. The summed E-state index contributed by atoms with van der Waals surface area (Å²) >= 11 is 0. The highest BCUT2D eigenvalue weighted by Crippen LogP contribution is 2.29. The van der Waals surface area contributed by atoms with Gasteiger partial charge in [0.2, 0.25) is 0 Å². The third-order valence-corrected chi connectivity index (χ3v) is 3.77. The van der Waals surface area contributed by atoms with Gasteiger partial charge in [-0.2, -0.15) is 13.2 Å². The lowest BCUT2D eigenvalue weighted by Crippen LogP contribution is -2.35. The van der Waals surface area contributed by atoms with Gasteiger partial charge < -0.3 is 4.98 Å². The number of alkyl halides is 3. The minimum atomic E-state index is -4.42. The predicted octanol–water partition coefficient (Wildman–Crippen LogP) is 2.95. The molecule has 0 saturated carbocycles. The Labute approximate surface area is 134 Å². The third-order valence-electron chi connectivity index (χ3n) is 3.77. The molecule has 0 aliphatic rings. The number of nitrogens with zero attached hydrogens (tertiary/aromatic N) is 1. The van der Waals surface area contributed by atoms with Gasteiger partial charge in [0, 0.05) is 6.54 Å². The first-order valence-corrected chi connectivity index (χ1v) is 7.24. The molecule has 3 rings (SSSR count). The van der Waals surface area contributed by atoms with E-state index in [1.165, 1.54) is 12.1 Å². The average Bonchev–Trinajstić information content (AvgIpc) is 2.54. The molecule has 0 saturated heterocycles. The van der Waals surface area contributed by atoms with Crippen molar-refractivity contribution >= 4 is 10.9 Å². The van der Waals surface area contributed by atoms with E-state index in [0.717, 1.165) is 16.7 Å². The standard InChI is InChI=1S/C17H13F3N2O2/c18-17(19,20)12-5-3-4-11(10-12)8-9-22-15(23)13-6-1-2-7-14(13)21-16(22)24/h1-7,10H,8-9H2,(H,21,24). The maximum Gasteiger partial charge on any atom is 0.416 e. The zero-order valence-electron chi connectivity index (χ0n) is 12.4. The van der Waals surface area contributed by atoms with Crippen LogP contribution < -0.4 is 11.2 Å². The second-order valence-corrected chi connectivity index (χ2v) is 5.38. The van der Waals surface area contributed by atoms with Crippen molar-refractivity contribution in [1.82, 2.24) is 9.55 Å². The van der Waals surface area contributed by atoms with Crippen molar-refractivity contribution in [3.63, 3.8) is 0 Å². The molecule has 0 aliphatic carbocycles. The molecule has 3 aromatic rings. The molecule has 24 heavy (non-hydrogen) atoms. The average molecular weight is 334 g/mol. The molecule has 0 radical (unpaired) electrons.